The lowest BCUT2D eigenvalue weighted by Crippen LogP contribution is -2.53. The molecule has 10 heteroatoms. The van der Waals surface area contributed by atoms with E-state index in [-0.39, 0.29) is 25.2 Å². The number of aromatic amines is 1. The zero-order chi connectivity index (χ0) is 19.7. The Labute approximate surface area is 158 Å². The van der Waals surface area contributed by atoms with Gasteiger partial charge in [-0.1, -0.05) is 0 Å². The number of pyridine rings is 2. The van der Waals surface area contributed by atoms with Crippen molar-refractivity contribution in [3.8, 4) is 11.3 Å². The van der Waals surface area contributed by atoms with E-state index >= 15 is 0 Å². The summed E-state index contributed by atoms with van der Waals surface area (Å²) in [7, 11) is 0. The van der Waals surface area contributed by atoms with Crippen LogP contribution in [0.15, 0.2) is 36.8 Å². The fourth-order valence-corrected chi connectivity index (χ4v) is 3.28. The first-order valence-electron chi connectivity index (χ1n) is 8.69. The Balaban J connectivity index is 1.51. The number of rotatable bonds is 3. The van der Waals surface area contributed by atoms with Gasteiger partial charge in [-0.2, -0.15) is 5.10 Å². The molecule has 0 saturated carbocycles. The summed E-state index contributed by atoms with van der Waals surface area (Å²) in [6.45, 7) is -0.272. The van der Waals surface area contributed by atoms with Crippen LogP contribution in [-0.2, 0) is 4.79 Å². The number of aromatic nitrogens is 4. The smallest absolute Gasteiger partial charge is 0.407 e. The van der Waals surface area contributed by atoms with Gasteiger partial charge in [-0.25, -0.2) is 14.2 Å². The molecule has 0 aromatic carbocycles. The molecule has 3 N–H and O–H groups in total. The molecule has 3 aromatic rings. The molecule has 144 valence electrons. The summed E-state index contributed by atoms with van der Waals surface area (Å²) in [5.41, 5.74) is -0.149. The van der Waals surface area contributed by atoms with Crippen LogP contribution in [0.1, 0.15) is 12.8 Å². The minimum Gasteiger partial charge on any atom is -0.465 e. The average molecular weight is 384 g/mol. The van der Waals surface area contributed by atoms with Crippen molar-refractivity contribution in [2.75, 3.05) is 18.4 Å². The third-order valence-electron chi connectivity index (χ3n) is 4.76. The number of carbonyl (C=O) groups excluding carboxylic acids is 1. The van der Waals surface area contributed by atoms with Gasteiger partial charge in [-0.3, -0.25) is 14.9 Å². The van der Waals surface area contributed by atoms with Crippen LogP contribution in [0.2, 0.25) is 0 Å². The van der Waals surface area contributed by atoms with E-state index in [4.69, 9.17) is 5.11 Å². The Morgan fingerprint density at radius 3 is 2.86 bits per heavy atom. The molecular weight excluding hydrogens is 367 g/mol. The van der Waals surface area contributed by atoms with Crippen LogP contribution in [0, 0.1) is 0 Å². The van der Waals surface area contributed by atoms with Crippen LogP contribution >= 0.6 is 0 Å². The van der Waals surface area contributed by atoms with Crippen molar-refractivity contribution in [3.63, 3.8) is 0 Å². The minimum atomic E-state index is -2.28. The normalized spacial score (nSPS) is 19.5. The fraction of sp³-hybridized carbons (Fsp3) is 0.278. The maximum absolute atomic E-state index is 15.0. The number of alkyl halides is 1. The summed E-state index contributed by atoms with van der Waals surface area (Å²) in [5.74, 6) is -0.720. The first-order valence-corrected chi connectivity index (χ1v) is 8.69. The molecule has 1 saturated heterocycles. The van der Waals surface area contributed by atoms with Gasteiger partial charge >= 0.3 is 6.09 Å². The van der Waals surface area contributed by atoms with Gasteiger partial charge < -0.3 is 15.3 Å². The molecule has 1 atom stereocenters. The molecule has 1 aliphatic rings. The largest absolute Gasteiger partial charge is 0.465 e. The first-order chi connectivity index (χ1) is 13.5. The number of carboxylic acid groups (broad SMARTS) is 1. The maximum Gasteiger partial charge on any atom is 0.407 e. The molecule has 1 unspecified atom stereocenters. The van der Waals surface area contributed by atoms with Gasteiger partial charge in [0, 0.05) is 29.9 Å². The van der Waals surface area contributed by atoms with Crippen molar-refractivity contribution in [2.45, 2.75) is 18.5 Å². The van der Waals surface area contributed by atoms with Crippen molar-refractivity contribution in [1.29, 1.82) is 0 Å². The van der Waals surface area contributed by atoms with Crippen LogP contribution in [-0.4, -0.2) is 60.9 Å². The Morgan fingerprint density at radius 2 is 2.11 bits per heavy atom. The number of amides is 2. The number of anilines is 1. The van der Waals surface area contributed by atoms with Crippen LogP contribution in [0.25, 0.3) is 22.2 Å². The van der Waals surface area contributed by atoms with Gasteiger partial charge in [0.1, 0.15) is 5.82 Å². The van der Waals surface area contributed by atoms with E-state index in [1.54, 1.807) is 24.5 Å². The number of halogens is 1. The standard InChI is InChI=1S/C18H17FN6O3/c19-18(5-1-7-25(10-18)17(27)28)16(26)23-13-3-2-11(8-21-13)14-15-12(4-6-20-14)9-22-24-15/h2-4,6,8-9H,1,5,7,10H2,(H,22,24)(H,27,28)(H,21,23,26). The highest BCUT2D eigenvalue weighted by Crippen LogP contribution is 2.28. The second-order valence-corrected chi connectivity index (χ2v) is 6.65. The van der Waals surface area contributed by atoms with Gasteiger partial charge in [-0.05, 0) is 31.0 Å². The van der Waals surface area contributed by atoms with E-state index in [1.807, 2.05) is 6.07 Å². The molecule has 1 fully saturated rings. The van der Waals surface area contributed by atoms with E-state index in [9.17, 15) is 14.0 Å². The van der Waals surface area contributed by atoms with Crippen molar-refractivity contribution in [1.82, 2.24) is 25.1 Å². The molecule has 0 bridgehead atoms. The number of fused-ring (bicyclic) bond motifs is 1. The molecule has 0 radical (unpaired) electrons. The van der Waals surface area contributed by atoms with Gasteiger partial charge in [0.25, 0.3) is 5.91 Å². The lowest BCUT2D eigenvalue weighted by molar-refractivity contribution is -0.130. The van der Waals surface area contributed by atoms with Crippen molar-refractivity contribution in [3.05, 3.63) is 36.8 Å². The Kier molecular flexibility index (Phi) is 4.38. The third-order valence-corrected chi connectivity index (χ3v) is 4.76. The molecule has 1 aliphatic heterocycles. The van der Waals surface area contributed by atoms with Crippen LogP contribution in [0.3, 0.4) is 0 Å². The maximum atomic E-state index is 15.0. The highest BCUT2D eigenvalue weighted by molar-refractivity contribution is 5.97. The highest BCUT2D eigenvalue weighted by atomic mass is 19.1. The summed E-state index contributed by atoms with van der Waals surface area (Å²) >= 11 is 0. The van der Waals surface area contributed by atoms with E-state index in [2.05, 4.69) is 25.5 Å². The molecule has 4 rings (SSSR count). The molecular formula is C18H17FN6O3. The average Bonchev–Trinajstić information content (AvgIpc) is 3.17. The molecule has 0 aliphatic carbocycles. The number of hydrogen-bond donors (Lipinski definition) is 3. The molecule has 4 heterocycles. The Bertz CT molecular complexity index is 1040. The van der Waals surface area contributed by atoms with Crippen molar-refractivity contribution >= 4 is 28.7 Å². The Hall–Kier alpha value is -3.56. The van der Waals surface area contributed by atoms with E-state index in [0.29, 0.717) is 11.3 Å². The lowest BCUT2D eigenvalue weighted by atomic mass is 9.94. The van der Waals surface area contributed by atoms with Crippen molar-refractivity contribution < 1.29 is 19.1 Å². The second-order valence-electron chi connectivity index (χ2n) is 6.65. The minimum absolute atomic E-state index is 0.0353. The summed E-state index contributed by atoms with van der Waals surface area (Å²) < 4.78 is 15.0. The molecule has 2 amide bonds. The predicted octanol–water partition coefficient (Wildman–Crippen LogP) is 2.44. The number of carbonyl (C=O) groups is 2. The number of nitrogens with one attached hydrogen (secondary N) is 2. The topological polar surface area (TPSA) is 124 Å². The summed E-state index contributed by atoms with van der Waals surface area (Å²) in [6.07, 6.45) is 3.88. The molecule has 9 nitrogen and oxygen atoms in total. The summed E-state index contributed by atoms with van der Waals surface area (Å²) in [5, 5.41) is 19.3. The van der Waals surface area contributed by atoms with E-state index in [0.717, 1.165) is 15.8 Å². The van der Waals surface area contributed by atoms with Gasteiger partial charge in [0.05, 0.1) is 24.0 Å². The monoisotopic (exact) mass is 384 g/mol. The van der Waals surface area contributed by atoms with Crippen LogP contribution < -0.4 is 5.32 Å². The van der Waals surface area contributed by atoms with E-state index in [1.165, 1.54) is 6.20 Å². The van der Waals surface area contributed by atoms with Crippen LogP contribution in [0.5, 0.6) is 0 Å². The fourth-order valence-electron chi connectivity index (χ4n) is 3.28. The summed E-state index contributed by atoms with van der Waals surface area (Å²) in [6, 6.07) is 5.08. The SMILES string of the molecule is O=C(O)N1CCCC(F)(C(=O)Nc2ccc(-c3nccc4cn[nH]c34)cn2)C1. The van der Waals surface area contributed by atoms with Crippen molar-refractivity contribution in [2.24, 2.45) is 0 Å². The zero-order valence-corrected chi connectivity index (χ0v) is 14.7. The third kappa shape index (κ3) is 3.24. The predicted molar refractivity (Wildman–Crippen MR) is 98.4 cm³/mol. The lowest BCUT2D eigenvalue weighted by Gasteiger charge is -2.34. The Morgan fingerprint density at radius 1 is 1.25 bits per heavy atom. The van der Waals surface area contributed by atoms with E-state index < -0.39 is 24.2 Å². The number of H-pyrrole nitrogens is 1. The zero-order valence-electron chi connectivity index (χ0n) is 14.7. The molecule has 28 heavy (non-hydrogen) atoms. The number of piperidine rings is 1. The number of nitrogens with zero attached hydrogens (tertiary/aromatic N) is 4. The van der Waals surface area contributed by atoms with Crippen LogP contribution in [0.4, 0.5) is 15.0 Å². The highest BCUT2D eigenvalue weighted by Gasteiger charge is 2.44. The molecule has 3 aromatic heterocycles. The molecule has 0 spiro atoms. The van der Waals surface area contributed by atoms with Gasteiger partial charge in [0.15, 0.2) is 0 Å². The number of likely N-dealkylation sites (tertiary alicyclic amines) is 1. The van der Waals surface area contributed by atoms with Gasteiger partial charge in [0.2, 0.25) is 5.67 Å². The quantitative estimate of drug-likeness (QED) is 0.637. The van der Waals surface area contributed by atoms with Gasteiger partial charge in [-0.15, -0.1) is 0 Å². The number of hydrogen-bond acceptors (Lipinski definition) is 5. The second kappa shape index (κ2) is 6.87. The first kappa shape index (κ1) is 17.8. The summed E-state index contributed by atoms with van der Waals surface area (Å²) in [4.78, 5) is 32.9.